The highest BCUT2D eigenvalue weighted by molar-refractivity contribution is 14.2. The highest BCUT2D eigenvalue weighted by Gasteiger charge is 1.85. The zero-order valence-corrected chi connectivity index (χ0v) is 8.15. The second-order valence-corrected chi connectivity index (χ2v) is 4.79. The van der Waals surface area contributed by atoms with Crippen molar-refractivity contribution in [1.82, 2.24) is 4.98 Å². The topological polar surface area (TPSA) is 12.9 Å². The lowest BCUT2D eigenvalue weighted by molar-refractivity contribution is 1.27. The van der Waals surface area contributed by atoms with Gasteiger partial charge in [-0.05, 0) is 26.6 Å². The summed E-state index contributed by atoms with van der Waals surface area (Å²) in [5.41, 5.74) is 0. The average Bonchev–Trinajstić information content (AvgIpc) is 2.28. The summed E-state index contributed by atoms with van der Waals surface area (Å²) >= 11 is 0.275. The van der Waals surface area contributed by atoms with E-state index in [1.165, 1.54) is 14.9 Å². The fourth-order valence-electron chi connectivity index (χ4n) is 1.03. The second kappa shape index (κ2) is 3.26. The van der Waals surface area contributed by atoms with Gasteiger partial charge in [-0.1, -0.05) is 6.08 Å². The minimum Gasteiger partial charge on any atom is -0.264 e. The maximum atomic E-state index is 4.09. The van der Waals surface area contributed by atoms with Gasteiger partial charge in [0.15, 0.2) is 0 Å². The smallest absolute Gasteiger partial charge is 0.0343 e. The van der Waals surface area contributed by atoms with E-state index in [2.05, 4.69) is 27.2 Å². The number of nitrogens with zero attached hydrogens (tertiary/aromatic N) is 1. The number of fused-ring (bicyclic) bond motifs is 1. The van der Waals surface area contributed by atoms with Crippen LogP contribution in [0.25, 0.3) is 12.2 Å². The normalized spacial score (nSPS) is 14.9. The molecule has 0 bridgehead atoms. The van der Waals surface area contributed by atoms with Crippen LogP contribution in [0, 0.1) is 0 Å². The fourth-order valence-corrected chi connectivity index (χ4v) is 2.70. The highest BCUT2D eigenvalue weighted by Crippen LogP contribution is 1.95. The van der Waals surface area contributed by atoms with Crippen molar-refractivity contribution >= 4 is 36.9 Å². The molecule has 56 valence electrons. The largest absolute Gasteiger partial charge is 0.264 e. The molecule has 0 N–H and O–H groups in total. The minimum atomic E-state index is 0.275. The Labute approximate surface area is 75.2 Å². The van der Waals surface area contributed by atoms with E-state index in [0.29, 0.717) is 0 Å². The molecule has 0 aromatic carbocycles. The molecule has 2 heterocycles. The zero-order valence-electron chi connectivity index (χ0n) is 6.00. The van der Waals surface area contributed by atoms with E-state index in [1.54, 1.807) is 0 Å². The predicted molar refractivity (Wildman–Crippen MR) is 57.4 cm³/mol. The first-order chi connectivity index (χ1) is 5.47. The van der Waals surface area contributed by atoms with Gasteiger partial charge in [-0.2, -0.15) is 0 Å². The van der Waals surface area contributed by atoms with Crippen LogP contribution in [0.4, 0.5) is 0 Å². The summed E-state index contributed by atoms with van der Waals surface area (Å²) in [6, 6.07) is 2.07. The summed E-state index contributed by atoms with van der Waals surface area (Å²) in [7, 11) is 0. The molecular formula is C9H8IN. The van der Waals surface area contributed by atoms with E-state index in [4.69, 9.17) is 0 Å². The van der Waals surface area contributed by atoms with Gasteiger partial charge < -0.3 is 0 Å². The second-order valence-electron chi connectivity index (χ2n) is 2.31. The van der Waals surface area contributed by atoms with Crippen LogP contribution < -0.4 is 10.4 Å². The van der Waals surface area contributed by atoms with Crippen molar-refractivity contribution in [3.63, 3.8) is 0 Å². The van der Waals surface area contributed by atoms with Crippen molar-refractivity contribution < 1.29 is 0 Å². The van der Waals surface area contributed by atoms with Crippen molar-refractivity contribution in [2.75, 3.05) is 4.43 Å². The van der Waals surface area contributed by atoms with Crippen LogP contribution in [0.5, 0.6) is 0 Å². The number of hydrogen-bond acceptors (Lipinski definition) is 1. The molecule has 0 aliphatic carbocycles. The van der Waals surface area contributed by atoms with Gasteiger partial charge in [0.05, 0.1) is 0 Å². The third-order valence-electron chi connectivity index (χ3n) is 1.60. The molecule has 0 spiro atoms. The Bertz CT molecular complexity index is 392. The van der Waals surface area contributed by atoms with Gasteiger partial charge in [0.2, 0.25) is 0 Å². The van der Waals surface area contributed by atoms with Gasteiger partial charge >= 0.3 is 0 Å². The number of halogens is 1. The summed E-state index contributed by atoms with van der Waals surface area (Å²) in [5.74, 6) is 0. The summed E-state index contributed by atoms with van der Waals surface area (Å²) in [6.07, 6.45) is 8.29. The first-order valence-corrected chi connectivity index (χ1v) is 6.25. The first-order valence-electron chi connectivity index (χ1n) is 3.48. The SMILES string of the molecule is C1=ICC=c2cnccc2=C1. The molecule has 11 heavy (non-hydrogen) atoms. The molecule has 0 fully saturated rings. The Morgan fingerprint density at radius 2 is 2.36 bits per heavy atom. The maximum absolute atomic E-state index is 4.09. The van der Waals surface area contributed by atoms with E-state index < -0.39 is 0 Å². The fraction of sp³-hybridized carbons (Fsp3) is 0.111. The predicted octanol–water partition coefficient (Wildman–Crippen LogP) is 0.429. The van der Waals surface area contributed by atoms with Crippen molar-refractivity contribution in [1.29, 1.82) is 0 Å². The molecule has 1 aliphatic rings. The van der Waals surface area contributed by atoms with Crippen LogP contribution in [-0.2, 0) is 0 Å². The van der Waals surface area contributed by atoms with E-state index in [-0.39, 0.29) is 20.7 Å². The number of hydrogen-bond donors (Lipinski definition) is 0. The molecule has 2 rings (SSSR count). The standard InChI is InChI=1S/C9H8IN/c1-4-10-5-2-9-7-11-6-3-8(1)9/h1-4,6-7H,5H2. The molecule has 1 aromatic heterocycles. The Kier molecular flexibility index (Phi) is 2.12. The van der Waals surface area contributed by atoms with Gasteiger partial charge in [-0.15, -0.1) is 20.7 Å². The average molecular weight is 257 g/mol. The molecule has 1 aliphatic heterocycles. The van der Waals surface area contributed by atoms with Crippen LogP contribution in [0.15, 0.2) is 18.5 Å². The first kappa shape index (κ1) is 7.16. The van der Waals surface area contributed by atoms with Crippen molar-refractivity contribution in [3.8, 4) is 0 Å². The van der Waals surface area contributed by atoms with Crippen LogP contribution in [0.2, 0.25) is 0 Å². The molecular weight excluding hydrogens is 249 g/mol. The maximum Gasteiger partial charge on any atom is 0.0343 e. The molecule has 2 heteroatoms. The summed E-state index contributed by atoms with van der Waals surface area (Å²) < 4.78 is 3.56. The molecule has 0 amide bonds. The zero-order chi connectivity index (χ0) is 7.52. The molecule has 0 unspecified atom stereocenters. The Hall–Kier alpha value is -0.510. The molecule has 0 atom stereocenters. The van der Waals surface area contributed by atoms with Gasteiger partial charge in [-0.25, -0.2) is 0 Å². The lowest BCUT2D eigenvalue weighted by atomic mass is 10.3. The molecule has 0 saturated heterocycles. The lowest BCUT2D eigenvalue weighted by Gasteiger charge is -1.84. The van der Waals surface area contributed by atoms with Crippen LogP contribution in [0.1, 0.15) is 0 Å². The van der Waals surface area contributed by atoms with Gasteiger partial charge in [0, 0.05) is 16.8 Å². The summed E-state index contributed by atoms with van der Waals surface area (Å²) in [6.45, 7) is 0. The van der Waals surface area contributed by atoms with E-state index in [0.717, 1.165) is 0 Å². The Balaban J connectivity index is 2.81. The van der Waals surface area contributed by atoms with Gasteiger partial charge in [-0.3, -0.25) is 4.98 Å². The molecule has 1 aromatic rings. The van der Waals surface area contributed by atoms with Crippen molar-refractivity contribution in [3.05, 3.63) is 28.9 Å². The lowest BCUT2D eigenvalue weighted by Crippen LogP contribution is -2.24. The quantitative estimate of drug-likeness (QED) is 0.485. The molecule has 1 nitrogen and oxygen atoms in total. The summed E-state index contributed by atoms with van der Waals surface area (Å²) in [4.78, 5) is 4.09. The third-order valence-corrected chi connectivity index (χ3v) is 3.42. The number of pyridine rings is 1. The van der Waals surface area contributed by atoms with Crippen LogP contribution in [0.3, 0.4) is 0 Å². The van der Waals surface area contributed by atoms with Crippen LogP contribution >= 0.6 is 20.7 Å². The van der Waals surface area contributed by atoms with Crippen molar-refractivity contribution in [2.24, 2.45) is 0 Å². The van der Waals surface area contributed by atoms with Crippen molar-refractivity contribution in [2.45, 2.75) is 0 Å². The van der Waals surface area contributed by atoms with Crippen LogP contribution in [-0.4, -0.2) is 13.4 Å². The Morgan fingerprint density at radius 3 is 3.36 bits per heavy atom. The molecule has 0 saturated carbocycles. The minimum absolute atomic E-state index is 0.275. The van der Waals surface area contributed by atoms with Gasteiger partial charge in [0.25, 0.3) is 0 Å². The third kappa shape index (κ3) is 1.56. The number of aromatic nitrogens is 1. The van der Waals surface area contributed by atoms with E-state index in [1.807, 2.05) is 12.4 Å². The van der Waals surface area contributed by atoms with Gasteiger partial charge in [0.1, 0.15) is 0 Å². The highest BCUT2D eigenvalue weighted by atomic mass is 127. The van der Waals surface area contributed by atoms with E-state index >= 15 is 0 Å². The molecule has 0 radical (unpaired) electrons. The Morgan fingerprint density at radius 1 is 1.36 bits per heavy atom. The number of alkyl halides is 1. The summed E-state index contributed by atoms with van der Waals surface area (Å²) in [5, 5.41) is 2.61. The van der Waals surface area contributed by atoms with E-state index in [9.17, 15) is 0 Å². The monoisotopic (exact) mass is 257 g/mol. The number of rotatable bonds is 0.